The molecule has 150 valence electrons. The van der Waals surface area contributed by atoms with Gasteiger partial charge in [-0.25, -0.2) is 0 Å². The van der Waals surface area contributed by atoms with Gasteiger partial charge in [0, 0.05) is 30.0 Å². The predicted molar refractivity (Wildman–Crippen MR) is 118 cm³/mol. The van der Waals surface area contributed by atoms with Gasteiger partial charge in [0.05, 0.1) is 15.7 Å². The zero-order valence-corrected chi connectivity index (χ0v) is 18.3. The molecule has 0 aromatic heterocycles. The van der Waals surface area contributed by atoms with Gasteiger partial charge in [-0.15, -0.1) is 0 Å². The molecule has 3 nitrogen and oxygen atoms in total. The van der Waals surface area contributed by atoms with Crippen molar-refractivity contribution in [3.8, 4) is 0 Å². The van der Waals surface area contributed by atoms with Crippen molar-refractivity contribution in [1.29, 1.82) is 0 Å². The highest BCUT2D eigenvalue weighted by Crippen LogP contribution is 2.48. The fourth-order valence-electron chi connectivity index (χ4n) is 4.52. The molecule has 1 amide bonds. The van der Waals surface area contributed by atoms with E-state index in [9.17, 15) is 9.59 Å². The Labute approximate surface area is 181 Å². The summed E-state index contributed by atoms with van der Waals surface area (Å²) in [4.78, 5) is 28.4. The second-order valence-corrected chi connectivity index (χ2v) is 9.56. The lowest BCUT2D eigenvalue weighted by Gasteiger charge is -2.43. The zero-order chi connectivity index (χ0) is 20.9. The third-order valence-electron chi connectivity index (χ3n) is 5.85. The second-order valence-electron chi connectivity index (χ2n) is 8.75. The van der Waals surface area contributed by atoms with E-state index in [1.54, 1.807) is 17.0 Å². The summed E-state index contributed by atoms with van der Waals surface area (Å²) in [7, 11) is 0. The van der Waals surface area contributed by atoms with Crippen LogP contribution in [0.5, 0.6) is 0 Å². The zero-order valence-electron chi connectivity index (χ0n) is 16.8. The van der Waals surface area contributed by atoms with Crippen LogP contribution >= 0.6 is 23.2 Å². The molecule has 1 unspecified atom stereocenters. The highest BCUT2D eigenvalue weighted by Gasteiger charge is 2.44. The average Bonchev–Trinajstić information content (AvgIpc) is 2.63. The number of carbonyl (C=O) groups excluding carboxylic acids is 2. The minimum absolute atomic E-state index is 0.000350. The minimum Gasteiger partial charge on any atom is -0.294 e. The highest BCUT2D eigenvalue weighted by molar-refractivity contribution is 6.42. The molecule has 0 N–H and O–H groups in total. The second kappa shape index (κ2) is 7.30. The summed E-state index contributed by atoms with van der Waals surface area (Å²) in [6, 6.07) is 13.2. The van der Waals surface area contributed by atoms with Crippen molar-refractivity contribution < 1.29 is 9.59 Å². The lowest BCUT2D eigenvalue weighted by molar-refractivity contribution is -0.121. The van der Waals surface area contributed by atoms with Gasteiger partial charge in [-0.2, -0.15) is 0 Å². The quantitative estimate of drug-likeness (QED) is 0.550. The molecule has 0 radical (unpaired) electrons. The van der Waals surface area contributed by atoms with Crippen LogP contribution in [0.2, 0.25) is 10.0 Å². The molecule has 0 saturated carbocycles. The Hall–Kier alpha value is -2.10. The van der Waals surface area contributed by atoms with Gasteiger partial charge in [0.1, 0.15) is 0 Å². The Bertz CT molecular complexity index is 1050. The SMILES string of the molecule is Cc1ccccc1N1C(=O)CC(c2ccc(Cl)c(Cl)c2)C2=C1CC(C)(C)CC2=O. The van der Waals surface area contributed by atoms with Crippen LogP contribution in [0.4, 0.5) is 5.69 Å². The fourth-order valence-corrected chi connectivity index (χ4v) is 4.83. The molecule has 1 atom stereocenters. The topological polar surface area (TPSA) is 37.4 Å². The van der Waals surface area contributed by atoms with Crippen LogP contribution in [0.1, 0.15) is 50.2 Å². The van der Waals surface area contributed by atoms with E-state index in [0.717, 1.165) is 28.1 Å². The maximum absolute atomic E-state index is 13.4. The standard InChI is InChI=1S/C24H23Cl2NO2/c1-14-6-4-5-7-19(14)27-20-12-24(2,3)13-21(28)23(20)16(11-22(27)29)15-8-9-17(25)18(26)10-15/h4-10,16H,11-13H2,1-3H3. The molecular weight excluding hydrogens is 405 g/mol. The number of carbonyl (C=O) groups is 2. The Morgan fingerprint density at radius 1 is 1.00 bits per heavy atom. The van der Waals surface area contributed by atoms with E-state index in [4.69, 9.17) is 23.2 Å². The molecule has 1 aliphatic carbocycles. The number of nitrogens with zero attached hydrogens (tertiary/aromatic N) is 1. The van der Waals surface area contributed by atoms with E-state index in [1.807, 2.05) is 37.3 Å². The summed E-state index contributed by atoms with van der Waals surface area (Å²) in [5.74, 6) is -0.186. The van der Waals surface area contributed by atoms with Crippen molar-refractivity contribution in [3.63, 3.8) is 0 Å². The molecule has 0 saturated heterocycles. The maximum Gasteiger partial charge on any atom is 0.232 e. The molecule has 0 bridgehead atoms. The molecule has 2 aliphatic rings. The van der Waals surface area contributed by atoms with E-state index in [0.29, 0.717) is 22.9 Å². The normalized spacial score (nSPS) is 21.4. The van der Waals surface area contributed by atoms with Crippen molar-refractivity contribution in [2.75, 3.05) is 4.90 Å². The molecule has 5 heteroatoms. The van der Waals surface area contributed by atoms with Gasteiger partial charge in [0.2, 0.25) is 5.91 Å². The number of Topliss-reactive ketones (excluding diaryl/α,β-unsaturated/α-hetero) is 1. The molecule has 29 heavy (non-hydrogen) atoms. The summed E-state index contributed by atoms with van der Waals surface area (Å²) in [5.41, 5.74) is 4.09. The Morgan fingerprint density at radius 2 is 1.72 bits per heavy atom. The summed E-state index contributed by atoms with van der Waals surface area (Å²) < 4.78 is 0. The molecule has 2 aromatic carbocycles. The number of amides is 1. The number of hydrogen-bond acceptors (Lipinski definition) is 2. The number of hydrogen-bond donors (Lipinski definition) is 0. The molecule has 2 aromatic rings. The summed E-state index contributed by atoms with van der Waals surface area (Å²) in [6.45, 7) is 6.15. The van der Waals surface area contributed by atoms with E-state index in [-0.39, 0.29) is 29.4 Å². The van der Waals surface area contributed by atoms with Crippen LogP contribution in [0.15, 0.2) is 53.7 Å². The van der Waals surface area contributed by atoms with E-state index in [2.05, 4.69) is 13.8 Å². The Kier molecular flexibility index (Phi) is 5.08. The number of rotatable bonds is 2. The van der Waals surface area contributed by atoms with Crippen LogP contribution in [-0.4, -0.2) is 11.7 Å². The van der Waals surface area contributed by atoms with Crippen LogP contribution in [0.25, 0.3) is 0 Å². The summed E-state index contributed by atoms with van der Waals surface area (Å²) in [6.07, 6.45) is 1.38. The van der Waals surface area contributed by atoms with E-state index < -0.39 is 0 Å². The minimum atomic E-state index is -0.295. The highest BCUT2D eigenvalue weighted by atomic mass is 35.5. The molecule has 4 rings (SSSR count). The van der Waals surface area contributed by atoms with Crippen molar-refractivity contribution in [1.82, 2.24) is 0 Å². The van der Waals surface area contributed by atoms with Crippen LogP contribution in [0.3, 0.4) is 0 Å². The predicted octanol–water partition coefficient (Wildman–Crippen LogP) is 6.47. The smallest absolute Gasteiger partial charge is 0.232 e. The first kappa shape index (κ1) is 20.2. The molecule has 0 fully saturated rings. The lowest BCUT2D eigenvalue weighted by atomic mass is 9.69. The third-order valence-corrected chi connectivity index (χ3v) is 6.58. The van der Waals surface area contributed by atoms with Gasteiger partial charge in [-0.05, 0) is 48.1 Å². The Balaban J connectivity index is 1.92. The molecule has 1 aliphatic heterocycles. The number of benzene rings is 2. The van der Waals surface area contributed by atoms with Crippen molar-refractivity contribution in [2.45, 2.75) is 46.0 Å². The number of halogens is 2. The molecule has 1 heterocycles. The van der Waals surface area contributed by atoms with E-state index in [1.165, 1.54) is 0 Å². The van der Waals surface area contributed by atoms with Crippen molar-refractivity contribution in [2.24, 2.45) is 5.41 Å². The maximum atomic E-state index is 13.4. The fraction of sp³-hybridized carbons (Fsp3) is 0.333. The first-order chi connectivity index (χ1) is 13.7. The Morgan fingerprint density at radius 3 is 2.41 bits per heavy atom. The third kappa shape index (κ3) is 3.62. The van der Waals surface area contributed by atoms with Crippen LogP contribution < -0.4 is 4.90 Å². The van der Waals surface area contributed by atoms with E-state index >= 15 is 0 Å². The average molecular weight is 428 g/mol. The number of para-hydroxylation sites is 1. The first-order valence-corrected chi connectivity index (χ1v) is 10.5. The molecule has 0 spiro atoms. The van der Waals surface area contributed by atoms with Crippen molar-refractivity contribution >= 4 is 40.6 Å². The summed E-state index contributed by atoms with van der Waals surface area (Å²) in [5, 5.41) is 0.896. The number of allylic oxidation sites excluding steroid dienone is 2. The van der Waals surface area contributed by atoms with Crippen LogP contribution in [-0.2, 0) is 9.59 Å². The van der Waals surface area contributed by atoms with Gasteiger partial charge < -0.3 is 0 Å². The summed E-state index contributed by atoms with van der Waals surface area (Å²) >= 11 is 12.3. The monoisotopic (exact) mass is 427 g/mol. The molecular formula is C24H23Cl2NO2. The van der Waals surface area contributed by atoms with Gasteiger partial charge in [0.25, 0.3) is 0 Å². The van der Waals surface area contributed by atoms with Gasteiger partial charge in [0.15, 0.2) is 5.78 Å². The van der Waals surface area contributed by atoms with Crippen LogP contribution in [0, 0.1) is 12.3 Å². The largest absolute Gasteiger partial charge is 0.294 e. The van der Waals surface area contributed by atoms with Gasteiger partial charge in [-0.1, -0.05) is 61.3 Å². The lowest BCUT2D eigenvalue weighted by Crippen LogP contribution is -2.44. The number of aryl methyl sites for hydroxylation is 1. The number of ketones is 1. The van der Waals surface area contributed by atoms with Crippen molar-refractivity contribution in [3.05, 3.63) is 74.9 Å². The van der Waals surface area contributed by atoms with Gasteiger partial charge in [-0.3, -0.25) is 14.5 Å². The number of anilines is 1. The van der Waals surface area contributed by atoms with Gasteiger partial charge >= 0.3 is 0 Å². The first-order valence-electron chi connectivity index (χ1n) is 9.78.